The van der Waals surface area contributed by atoms with Crippen molar-refractivity contribution in [1.29, 1.82) is 0 Å². The van der Waals surface area contributed by atoms with Crippen LogP contribution in [-0.2, 0) is 0 Å². The van der Waals surface area contributed by atoms with Gasteiger partial charge in [0.2, 0.25) is 5.78 Å². The topological polar surface area (TPSA) is 42.1 Å². The molecule has 102 valence electrons. The molecule has 4 rings (SSSR count). The molecule has 1 aromatic heterocycles. The molecule has 0 saturated heterocycles. The number of hydrogen-bond donors (Lipinski definition) is 1. The van der Waals surface area contributed by atoms with Gasteiger partial charge in [-0.05, 0) is 31.2 Å². The molecule has 1 N–H and O–H groups in total. The molecule has 3 aromatic rings. The molecular formula is C18H13NO2. The Morgan fingerprint density at radius 3 is 2.67 bits per heavy atom. The number of carbonyl (C=O) groups is 1. The highest BCUT2D eigenvalue weighted by molar-refractivity contribution is 6.15. The van der Waals surface area contributed by atoms with Crippen molar-refractivity contribution in [1.82, 2.24) is 4.98 Å². The van der Waals surface area contributed by atoms with E-state index in [4.69, 9.17) is 4.74 Å². The van der Waals surface area contributed by atoms with Crippen LogP contribution in [0.3, 0.4) is 0 Å². The van der Waals surface area contributed by atoms with Crippen molar-refractivity contribution in [2.24, 2.45) is 0 Å². The number of Topliss-reactive ketones (excluding diaryl/α,β-unsaturated/α-hetero) is 1. The molecule has 21 heavy (non-hydrogen) atoms. The lowest BCUT2D eigenvalue weighted by Gasteiger charge is -1.98. The maximum absolute atomic E-state index is 12.4. The van der Waals surface area contributed by atoms with E-state index in [0.717, 1.165) is 22.2 Å². The number of aromatic nitrogens is 1. The fraction of sp³-hybridized carbons (Fsp3) is 0.0556. The monoisotopic (exact) mass is 275 g/mol. The minimum atomic E-state index is -0.0599. The largest absolute Gasteiger partial charge is 0.452 e. The third-order valence-electron chi connectivity index (χ3n) is 3.79. The van der Waals surface area contributed by atoms with E-state index in [-0.39, 0.29) is 5.78 Å². The van der Waals surface area contributed by atoms with Crippen LogP contribution in [0.4, 0.5) is 0 Å². The number of H-pyrrole nitrogens is 1. The van der Waals surface area contributed by atoms with Crippen molar-refractivity contribution >= 4 is 22.8 Å². The van der Waals surface area contributed by atoms with E-state index in [2.05, 4.69) is 4.98 Å². The smallest absolute Gasteiger partial charge is 0.231 e. The maximum Gasteiger partial charge on any atom is 0.231 e. The van der Waals surface area contributed by atoms with Gasteiger partial charge >= 0.3 is 0 Å². The fourth-order valence-electron chi connectivity index (χ4n) is 2.75. The molecule has 0 fully saturated rings. The third-order valence-corrected chi connectivity index (χ3v) is 3.79. The summed E-state index contributed by atoms with van der Waals surface area (Å²) >= 11 is 0. The second-order valence-corrected chi connectivity index (χ2v) is 5.15. The molecule has 2 aromatic carbocycles. The van der Waals surface area contributed by atoms with Gasteiger partial charge in [0.25, 0.3) is 0 Å². The number of benzene rings is 2. The van der Waals surface area contributed by atoms with Crippen molar-refractivity contribution < 1.29 is 9.53 Å². The lowest BCUT2D eigenvalue weighted by Crippen LogP contribution is -1.98. The number of allylic oxidation sites excluding steroid dienone is 1. The SMILES string of the molecule is Cc1[nH]c2ccccc2c1/C=C1\Oc2ccccc2C1=O. The Bertz CT molecular complexity index is 902. The van der Waals surface area contributed by atoms with Gasteiger partial charge in [-0.15, -0.1) is 0 Å². The number of para-hydroxylation sites is 2. The minimum Gasteiger partial charge on any atom is -0.452 e. The number of aromatic amines is 1. The standard InChI is InChI=1S/C18H13NO2/c1-11-14(12-6-2-4-8-15(12)19-11)10-17-18(20)13-7-3-5-9-16(13)21-17/h2-10,19H,1H3/b17-10-. The average molecular weight is 275 g/mol. The van der Waals surface area contributed by atoms with Crippen molar-refractivity contribution in [3.8, 4) is 5.75 Å². The summed E-state index contributed by atoms with van der Waals surface area (Å²) in [7, 11) is 0. The number of fused-ring (bicyclic) bond motifs is 2. The first kappa shape index (κ1) is 12.0. The number of ketones is 1. The molecule has 3 nitrogen and oxygen atoms in total. The van der Waals surface area contributed by atoms with Gasteiger partial charge in [0.15, 0.2) is 5.76 Å². The minimum absolute atomic E-state index is 0.0599. The average Bonchev–Trinajstić information content (AvgIpc) is 2.99. The zero-order valence-electron chi connectivity index (χ0n) is 11.5. The van der Waals surface area contributed by atoms with Crippen LogP contribution in [-0.4, -0.2) is 10.8 Å². The Morgan fingerprint density at radius 2 is 1.81 bits per heavy atom. The van der Waals surface area contributed by atoms with Gasteiger partial charge < -0.3 is 9.72 Å². The number of nitrogens with one attached hydrogen (secondary N) is 1. The van der Waals surface area contributed by atoms with Crippen LogP contribution < -0.4 is 4.74 Å². The van der Waals surface area contributed by atoms with Gasteiger partial charge in [-0.2, -0.15) is 0 Å². The normalized spacial score (nSPS) is 15.5. The Balaban J connectivity index is 1.86. The van der Waals surface area contributed by atoms with Crippen molar-refractivity contribution in [2.75, 3.05) is 0 Å². The summed E-state index contributed by atoms with van der Waals surface area (Å²) in [4.78, 5) is 15.7. The van der Waals surface area contributed by atoms with Gasteiger partial charge in [-0.3, -0.25) is 4.79 Å². The van der Waals surface area contributed by atoms with Gasteiger partial charge in [-0.25, -0.2) is 0 Å². The van der Waals surface area contributed by atoms with E-state index in [0.29, 0.717) is 17.1 Å². The highest BCUT2D eigenvalue weighted by atomic mass is 16.5. The van der Waals surface area contributed by atoms with Crippen molar-refractivity contribution in [2.45, 2.75) is 6.92 Å². The highest BCUT2D eigenvalue weighted by Crippen LogP contribution is 2.33. The van der Waals surface area contributed by atoms with Gasteiger partial charge in [-0.1, -0.05) is 30.3 Å². The Morgan fingerprint density at radius 1 is 1.05 bits per heavy atom. The van der Waals surface area contributed by atoms with E-state index in [1.165, 1.54) is 0 Å². The van der Waals surface area contributed by atoms with E-state index in [1.807, 2.05) is 55.5 Å². The van der Waals surface area contributed by atoms with Gasteiger partial charge in [0, 0.05) is 22.2 Å². The van der Waals surface area contributed by atoms with E-state index >= 15 is 0 Å². The number of carbonyl (C=O) groups excluding carboxylic acids is 1. The summed E-state index contributed by atoms with van der Waals surface area (Å²) in [6.07, 6.45) is 1.83. The zero-order valence-corrected chi connectivity index (χ0v) is 11.5. The predicted molar refractivity (Wildman–Crippen MR) is 82.4 cm³/mol. The van der Waals surface area contributed by atoms with Crippen LogP contribution >= 0.6 is 0 Å². The summed E-state index contributed by atoms with van der Waals surface area (Å²) in [6, 6.07) is 15.4. The summed E-state index contributed by atoms with van der Waals surface area (Å²) in [6.45, 7) is 2.00. The Labute approximate surface area is 121 Å². The molecule has 0 saturated carbocycles. The highest BCUT2D eigenvalue weighted by Gasteiger charge is 2.27. The molecule has 0 amide bonds. The molecule has 1 aliphatic heterocycles. The van der Waals surface area contributed by atoms with Crippen LogP contribution in [0, 0.1) is 6.92 Å². The molecule has 0 atom stereocenters. The number of aryl methyl sites for hydroxylation is 1. The van der Waals surface area contributed by atoms with Crippen LogP contribution in [0.15, 0.2) is 54.3 Å². The Kier molecular flexibility index (Phi) is 2.48. The predicted octanol–water partition coefficient (Wildman–Crippen LogP) is 4.09. The number of ether oxygens (including phenoxy) is 1. The summed E-state index contributed by atoms with van der Waals surface area (Å²) in [5, 5.41) is 1.09. The molecule has 0 spiro atoms. The molecule has 0 aliphatic carbocycles. The first-order valence-corrected chi connectivity index (χ1v) is 6.84. The molecule has 1 aliphatic rings. The summed E-state index contributed by atoms with van der Waals surface area (Å²) < 4.78 is 5.69. The number of hydrogen-bond acceptors (Lipinski definition) is 2. The number of rotatable bonds is 1. The maximum atomic E-state index is 12.4. The summed E-state index contributed by atoms with van der Waals surface area (Å²) in [5.41, 5.74) is 3.71. The lowest BCUT2D eigenvalue weighted by molar-refractivity contribution is 0.101. The van der Waals surface area contributed by atoms with Crippen molar-refractivity contribution in [3.05, 3.63) is 71.1 Å². The fourth-order valence-corrected chi connectivity index (χ4v) is 2.75. The van der Waals surface area contributed by atoms with Gasteiger partial charge in [0.1, 0.15) is 5.75 Å². The molecule has 0 unspecified atom stereocenters. The molecule has 3 heteroatoms. The lowest BCUT2D eigenvalue weighted by atomic mass is 10.1. The molecule has 0 bridgehead atoms. The zero-order chi connectivity index (χ0) is 14.4. The quantitative estimate of drug-likeness (QED) is 0.679. The van der Waals surface area contributed by atoms with E-state index in [1.54, 1.807) is 6.07 Å². The first-order chi connectivity index (χ1) is 10.2. The van der Waals surface area contributed by atoms with Crippen LogP contribution in [0.1, 0.15) is 21.6 Å². The van der Waals surface area contributed by atoms with E-state index in [9.17, 15) is 4.79 Å². The first-order valence-electron chi connectivity index (χ1n) is 6.84. The summed E-state index contributed by atoms with van der Waals surface area (Å²) in [5.74, 6) is 0.950. The van der Waals surface area contributed by atoms with Crippen LogP contribution in [0.25, 0.3) is 17.0 Å². The molecule has 2 heterocycles. The molecular weight excluding hydrogens is 262 g/mol. The third kappa shape index (κ3) is 1.78. The second kappa shape index (κ2) is 4.35. The van der Waals surface area contributed by atoms with Crippen LogP contribution in [0.5, 0.6) is 5.75 Å². The Hall–Kier alpha value is -2.81. The van der Waals surface area contributed by atoms with Crippen LogP contribution in [0.2, 0.25) is 0 Å². The second-order valence-electron chi connectivity index (χ2n) is 5.15. The molecule has 0 radical (unpaired) electrons. The van der Waals surface area contributed by atoms with Crippen molar-refractivity contribution in [3.63, 3.8) is 0 Å². The van der Waals surface area contributed by atoms with E-state index < -0.39 is 0 Å². The van der Waals surface area contributed by atoms with Gasteiger partial charge in [0.05, 0.1) is 5.56 Å².